The summed E-state index contributed by atoms with van der Waals surface area (Å²) in [5, 5.41) is 0. The van der Waals surface area contributed by atoms with E-state index >= 15 is 0 Å². The SMILES string of the molecule is COc1nccc(CN)c1OC. The van der Waals surface area contributed by atoms with Crippen LogP contribution in [-0.4, -0.2) is 19.2 Å². The van der Waals surface area contributed by atoms with Crippen LogP contribution in [-0.2, 0) is 6.54 Å². The molecule has 0 fully saturated rings. The Labute approximate surface area is 71.3 Å². The zero-order chi connectivity index (χ0) is 8.97. The van der Waals surface area contributed by atoms with Crippen molar-refractivity contribution in [3.05, 3.63) is 17.8 Å². The number of nitrogens with zero attached hydrogens (tertiary/aromatic N) is 1. The molecule has 0 spiro atoms. The summed E-state index contributed by atoms with van der Waals surface area (Å²) >= 11 is 0. The Hall–Kier alpha value is -1.29. The van der Waals surface area contributed by atoms with E-state index in [9.17, 15) is 0 Å². The minimum absolute atomic E-state index is 0.419. The summed E-state index contributed by atoms with van der Waals surface area (Å²) in [6.07, 6.45) is 1.64. The molecule has 66 valence electrons. The van der Waals surface area contributed by atoms with Crippen molar-refractivity contribution in [2.45, 2.75) is 6.54 Å². The molecule has 0 saturated heterocycles. The van der Waals surface area contributed by atoms with Crippen molar-refractivity contribution >= 4 is 0 Å². The second-order valence-corrected chi connectivity index (χ2v) is 2.22. The predicted octanol–water partition coefficient (Wildman–Crippen LogP) is 0.557. The van der Waals surface area contributed by atoms with Gasteiger partial charge in [-0.3, -0.25) is 0 Å². The summed E-state index contributed by atoms with van der Waals surface area (Å²) in [6.45, 7) is 0.419. The Kier molecular flexibility index (Phi) is 2.88. The summed E-state index contributed by atoms with van der Waals surface area (Å²) in [5.74, 6) is 1.09. The first-order valence-corrected chi connectivity index (χ1v) is 3.59. The fraction of sp³-hybridized carbons (Fsp3) is 0.375. The molecule has 12 heavy (non-hydrogen) atoms. The topological polar surface area (TPSA) is 57.4 Å². The van der Waals surface area contributed by atoms with Crippen LogP contribution in [0.15, 0.2) is 12.3 Å². The van der Waals surface area contributed by atoms with Crippen molar-refractivity contribution in [1.29, 1.82) is 0 Å². The van der Waals surface area contributed by atoms with Crippen LogP contribution in [0.3, 0.4) is 0 Å². The molecule has 0 aromatic carbocycles. The highest BCUT2D eigenvalue weighted by molar-refractivity contribution is 5.41. The normalized spacial score (nSPS) is 9.58. The van der Waals surface area contributed by atoms with E-state index in [1.807, 2.05) is 0 Å². The summed E-state index contributed by atoms with van der Waals surface area (Å²) in [7, 11) is 3.11. The number of hydrogen-bond acceptors (Lipinski definition) is 4. The van der Waals surface area contributed by atoms with Gasteiger partial charge in [-0.1, -0.05) is 0 Å². The maximum atomic E-state index is 5.49. The fourth-order valence-electron chi connectivity index (χ4n) is 0.991. The molecule has 0 aliphatic rings. The molecule has 0 aliphatic carbocycles. The smallest absolute Gasteiger partial charge is 0.257 e. The first-order valence-electron chi connectivity index (χ1n) is 3.59. The van der Waals surface area contributed by atoms with Crippen LogP contribution in [0.25, 0.3) is 0 Å². The van der Waals surface area contributed by atoms with Crippen molar-refractivity contribution in [2.24, 2.45) is 5.73 Å². The lowest BCUT2D eigenvalue weighted by Crippen LogP contribution is -2.02. The summed E-state index contributed by atoms with van der Waals surface area (Å²) in [5.41, 5.74) is 6.38. The molecule has 1 heterocycles. The second-order valence-electron chi connectivity index (χ2n) is 2.22. The first-order chi connectivity index (χ1) is 5.83. The minimum Gasteiger partial charge on any atom is -0.491 e. The minimum atomic E-state index is 0.419. The molecule has 0 saturated carbocycles. The first kappa shape index (κ1) is 8.80. The van der Waals surface area contributed by atoms with Gasteiger partial charge in [0.1, 0.15) is 0 Å². The van der Waals surface area contributed by atoms with Gasteiger partial charge in [0.2, 0.25) is 0 Å². The second kappa shape index (κ2) is 3.92. The number of aromatic nitrogens is 1. The molecule has 2 N–H and O–H groups in total. The van der Waals surface area contributed by atoms with E-state index in [0.29, 0.717) is 18.2 Å². The Morgan fingerprint density at radius 2 is 2.17 bits per heavy atom. The molecule has 0 unspecified atom stereocenters. The zero-order valence-corrected chi connectivity index (χ0v) is 7.20. The Balaban J connectivity index is 3.13. The largest absolute Gasteiger partial charge is 0.491 e. The lowest BCUT2D eigenvalue weighted by molar-refractivity contribution is 0.340. The molecule has 1 rings (SSSR count). The van der Waals surface area contributed by atoms with Crippen molar-refractivity contribution in [3.8, 4) is 11.6 Å². The van der Waals surface area contributed by atoms with Crippen LogP contribution in [0.5, 0.6) is 11.6 Å². The zero-order valence-electron chi connectivity index (χ0n) is 7.20. The van der Waals surface area contributed by atoms with Gasteiger partial charge in [0.15, 0.2) is 5.75 Å². The average Bonchev–Trinajstić information content (AvgIpc) is 2.16. The van der Waals surface area contributed by atoms with E-state index < -0.39 is 0 Å². The van der Waals surface area contributed by atoms with E-state index in [1.165, 1.54) is 0 Å². The number of ether oxygens (including phenoxy) is 2. The molecule has 0 bridgehead atoms. The van der Waals surface area contributed by atoms with E-state index in [1.54, 1.807) is 26.5 Å². The van der Waals surface area contributed by atoms with Gasteiger partial charge in [0.05, 0.1) is 14.2 Å². The molecule has 0 atom stereocenters. The molecule has 0 radical (unpaired) electrons. The Morgan fingerprint density at radius 1 is 1.42 bits per heavy atom. The van der Waals surface area contributed by atoms with Crippen molar-refractivity contribution < 1.29 is 9.47 Å². The highest BCUT2D eigenvalue weighted by Crippen LogP contribution is 2.27. The van der Waals surface area contributed by atoms with Crippen molar-refractivity contribution in [3.63, 3.8) is 0 Å². The van der Waals surface area contributed by atoms with E-state index in [4.69, 9.17) is 15.2 Å². The van der Waals surface area contributed by atoms with Gasteiger partial charge in [0, 0.05) is 18.3 Å². The highest BCUT2D eigenvalue weighted by atomic mass is 16.5. The van der Waals surface area contributed by atoms with E-state index in [2.05, 4.69) is 4.98 Å². The standard InChI is InChI=1S/C8H12N2O2/c1-11-7-6(5-9)3-4-10-8(7)12-2/h3-4H,5,9H2,1-2H3. The third-order valence-electron chi connectivity index (χ3n) is 1.57. The molecular formula is C8H12N2O2. The Bertz CT molecular complexity index is 241. The molecule has 0 aliphatic heterocycles. The lowest BCUT2D eigenvalue weighted by Gasteiger charge is -2.09. The third-order valence-corrected chi connectivity index (χ3v) is 1.57. The van der Waals surface area contributed by atoms with Crippen molar-refractivity contribution in [2.75, 3.05) is 14.2 Å². The number of methoxy groups -OCH3 is 2. The molecular weight excluding hydrogens is 156 g/mol. The quantitative estimate of drug-likeness (QED) is 0.716. The van der Waals surface area contributed by atoms with E-state index in [-0.39, 0.29) is 0 Å². The number of nitrogens with two attached hydrogens (primary N) is 1. The average molecular weight is 168 g/mol. The predicted molar refractivity (Wildman–Crippen MR) is 45.2 cm³/mol. The highest BCUT2D eigenvalue weighted by Gasteiger charge is 2.08. The van der Waals surface area contributed by atoms with Gasteiger partial charge in [-0.05, 0) is 6.07 Å². The van der Waals surface area contributed by atoms with Crippen molar-refractivity contribution in [1.82, 2.24) is 4.98 Å². The van der Waals surface area contributed by atoms with Crippen LogP contribution in [0.1, 0.15) is 5.56 Å². The molecule has 1 aromatic rings. The van der Waals surface area contributed by atoms with E-state index in [0.717, 1.165) is 5.56 Å². The number of hydrogen-bond donors (Lipinski definition) is 1. The lowest BCUT2D eigenvalue weighted by atomic mass is 10.2. The summed E-state index contributed by atoms with van der Waals surface area (Å²) in [4.78, 5) is 3.97. The molecule has 4 heteroatoms. The molecule has 1 aromatic heterocycles. The number of pyridine rings is 1. The van der Waals surface area contributed by atoms with Gasteiger partial charge >= 0.3 is 0 Å². The summed E-state index contributed by atoms with van der Waals surface area (Å²) in [6, 6.07) is 1.81. The molecule has 4 nitrogen and oxygen atoms in total. The number of rotatable bonds is 3. The van der Waals surface area contributed by atoms with Crippen LogP contribution >= 0.6 is 0 Å². The van der Waals surface area contributed by atoms with Gasteiger partial charge in [-0.15, -0.1) is 0 Å². The van der Waals surface area contributed by atoms with Crippen LogP contribution in [0, 0.1) is 0 Å². The molecule has 0 amide bonds. The van der Waals surface area contributed by atoms with Crippen LogP contribution in [0.4, 0.5) is 0 Å². The monoisotopic (exact) mass is 168 g/mol. The summed E-state index contributed by atoms with van der Waals surface area (Å²) < 4.78 is 10.1. The van der Waals surface area contributed by atoms with Gasteiger partial charge in [-0.2, -0.15) is 0 Å². The fourth-order valence-corrected chi connectivity index (χ4v) is 0.991. The van der Waals surface area contributed by atoms with Gasteiger partial charge in [0.25, 0.3) is 5.88 Å². The maximum absolute atomic E-state index is 5.49. The van der Waals surface area contributed by atoms with Crippen LogP contribution in [0.2, 0.25) is 0 Å². The third kappa shape index (κ3) is 1.48. The van der Waals surface area contributed by atoms with Crippen LogP contribution < -0.4 is 15.2 Å². The van der Waals surface area contributed by atoms with Gasteiger partial charge < -0.3 is 15.2 Å². The van der Waals surface area contributed by atoms with Gasteiger partial charge in [-0.25, -0.2) is 4.98 Å². The Morgan fingerprint density at radius 3 is 2.67 bits per heavy atom. The maximum Gasteiger partial charge on any atom is 0.257 e.